The second-order valence-corrected chi connectivity index (χ2v) is 6.86. The lowest BCUT2D eigenvalue weighted by Crippen LogP contribution is -2.44. The molecule has 26 heavy (non-hydrogen) atoms. The first kappa shape index (κ1) is 19.0. The minimum absolute atomic E-state index is 0.0846. The van der Waals surface area contributed by atoms with E-state index in [1.807, 2.05) is 18.2 Å². The Balaban J connectivity index is 1.71. The summed E-state index contributed by atoms with van der Waals surface area (Å²) in [5.74, 6) is 0.784. The van der Waals surface area contributed by atoms with Crippen molar-refractivity contribution in [2.45, 2.75) is 26.1 Å². The number of aliphatic hydroxyl groups is 1. The number of rotatable bonds is 7. The topological polar surface area (TPSA) is 61.7 Å². The van der Waals surface area contributed by atoms with Gasteiger partial charge in [-0.05, 0) is 12.5 Å². The molecule has 1 atom stereocenters. The fraction of sp³-hybridized carbons (Fsp3) is 0.474. The molecule has 1 saturated heterocycles. The third-order valence-corrected chi connectivity index (χ3v) is 4.79. The Morgan fingerprint density at radius 1 is 1.31 bits per heavy atom. The van der Waals surface area contributed by atoms with E-state index in [4.69, 9.17) is 16.3 Å². The molecule has 0 saturated carbocycles. The van der Waals surface area contributed by atoms with Gasteiger partial charge in [0.25, 0.3) is 0 Å². The van der Waals surface area contributed by atoms with Crippen molar-refractivity contribution >= 4 is 17.4 Å². The number of aromatic nitrogens is 2. The van der Waals surface area contributed by atoms with E-state index in [0.717, 1.165) is 24.6 Å². The Kier molecular flexibility index (Phi) is 6.80. The molecule has 1 aromatic heterocycles. The van der Waals surface area contributed by atoms with E-state index >= 15 is 0 Å². The summed E-state index contributed by atoms with van der Waals surface area (Å²) in [4.78, 5) is 13.4. The van der Waals surface area contributed by atoms with Crippen molar-refractivity contribution in [3.63, 3.8) is 0 Å². The number of halogens is 1. The van der Waals surface area contributed by atoms with Crippen LogP contribution in [0.1, 0.15) is 18.2 Å². The lowest BCUT2D eigenvalue weighted by Gasteiger charge is -2.34. The maximum absolute atomic E-state index is 9.38. The molecular formula is C19H25ClN4O2. The molecule has 0 radical (unpaired) electrons. The highest BCUT2D eigenvalue weighted by atomic mass is 35.5. The van der Waals surface area contributed by atoms with Crippen LogP contribution in [0.3, 0.4) is 0 Å². The van der Waals surface area contributed by atoms with Crippen LogP contribution in [0, 0.1) is 0 Å². The monoisotopic (exact) mass is 376 g/mol. The zero-order valence-electron chi connectivity index (χ0n) is 15.0. The Morgan fingerprint density at radius 2 is 2.12 bits per heavy atom. The molecule has 0 amide bonds. The van der Waals surface area contributed by atoms with Crippen LogP contribution in [0.4, 0.5) is 5.82 Å². The fourth-order valence-electron chi connectivity index (χ4n) is 3.10. The van der Waals surface area contributed by atoms with Crippen molar-refractivity contribution in [2.24, 2.45) is 0 Å². The highest BCUT2D eigenvalue weighted by Gasteiger charge is 2.21. The quantitative estimate of drug-likeness (QED) is 0.800. The number of nitrogens with zero attached hydrogens (tertiary/aromatic N) is 4. The number of anilines is 1. The van der Waals surface area contributed by atoms with Gasteiger partial charge in [-0.3, -0.25) is 9.88 Å². The molecule has 140 valence electrons. The largest absolute Gasteiger partial charge is 0.395 e. The van der Waals surface area contributed by atoms with Gasteiger partial charge in [0.1, 0.15) is 5.82 Å². The number of hydrogen-bond acceptors (Lipinski definition) is 6. The zero-order valence-corrected chi connectivity index (χ0v) is 15.8. The highest BCUT2D eigenvalue weighted by Crippen LogP contribution is 2.21. The highest BCUT2D eigenvalue weighted by molar-refractivity contribution is 6.30. The van der Waals surface area contributed by atoms with E-state index in [0.29, 0.717) is 31.5 Å². The Labute approximate surface area is 159 Å². The van der Waals surface area contributed by atoms with E-state index in [9.17, 15) is 5.11 Å². The second kappa shape index (κ2) is 9.28. The average molecular weight is 377 g/mol. The SMILES string of the molecule is C[C@@H]1COCCN1c1cnc(CN(CCO)Cc2ccccc2)c(Cl)n1. The normalized spacial score (nSPS) is 17.7. The van der Waals surface area contributed by atoms with E-state index in [1.54, 1.807) is 6.20 Å². The van der Waals surface area contributed by atoms with Crippen LogP contribution in [0.5, 0.6) is 0 Å². The van der Waals surface area contributed by atoms with Crippen LogP contribution in [0.25, 0.3) is 0 Å². The summed E-state index contributed by atoms with van der Waals surface area (Å²) in [5, 5.41) is 9.79. The van der Waals surface area contributed by atoms with Crippen molar-refractivity contribution < 1.29 is 9.84 Å². The van der Waals surface area contributed by atoms with Gasteiger partial charge in [0, 0.05) is 26.2 Å². The summed E-state index contributed by atoms with van der Waals surface area (Å²) in [7, 11) is 0. The van der Waals surface area contributed by atoms with E-state index in [-0.39, 0.29) is 12.6 Å². The first-order valence-electron chi connectivity index (χ1n) is 8.90. The van der Waals surface area contributed by atoms with Crippen molar-refractivity contribution in [1.29, 1.82) is 0 Å². The molecule has 0 aliphatic carbocycles. The number of aliphatic hydroxyl groups excluding tert-OH is 1. The van der Waals surface area contributed by atoms with E-state index in [1.165, 1.54) is 5.56 Å². The minimum Gasteiger partial charge on any atom is -0.395 e. The van der Waals surface area contributed by atoms with Crippen molar-refractivity contribution in [1.82, 2.24) is 14.9 Å². The molecule has 0 unspecified atom stereocenters. The Bertz CT molecular complexity index is 701. The van der Waals surface area contributed by atoms with Crippen LogP contribution < -0.4 is 4.90 Å². The van der Waals surface area contributed by atoms with Gasteiger partial charge in [-0.2, -0.15) is 0 Å². The van der Waals surface area contributed by atoms with Gasteiger partial charge in [0.2, 0.25) is 0 Å². The maximum Gasteiger partial charge on any atom is 0.154 e. The molecular weight excluding hydrogens is 352 g/mol. The third kappa shape index (κ3) is 4.92. The Morgan fingerprint density at radius 3 is 2.81 bits per heavy atom. The van der Waals surface area contributed by atoms with Crippen molar-refractivity contribution in [3.8, 4) is 0 Å². The maximum atomic E-state index is 9.38. The summed E-state index contributed by atoms with van der Waals surface area (Å²) in [6, 6.07) is 10.4. The van der Waals surface area contributed by atoms with Gasteiger partial charge >= 0.3 is 0 Å². The molecule has 1 aliphatic heterocycles. The fourth-order valence-corrected chi connectivity index (χ4v) is 3.30. The van der Waals surface area contributed by atoms with Gasteiger partial charge in [0.15, 0.2) is 5.15 Å². The zero-order chi connectivity index (χ0) is 18.4. The number of benzene rings is 1. The lowest BCUT2D eigenvalue weighted by atomic mass is 10.2. The van der Waals surface area contributed by atoms with E-state index < -0.39 is 0 Å². The van der Waals surface area contributed by atoms with Gasteiger partial charge in [-0.15, -0.1) is 0 Å². The van der Waals surface area contributed by atoms with Crippen LogP contribution in [0.15, 0.2) is 36.5 Å². The molecule has 0 bridgehead atoms. The summed E-state index contributed by atoms with van der Waals surface area (Å²) < 4.78 is 5.47. The van der Waals surface area contributed by atoms with Gasteiger partial charge < -0.3 is 14.7 Å². The smallest absolute Gasteiger partial charge is 0.154 e. The third-order valence-electron chi connectivity index (χ3n) is 4.49. The summed E-state index contributed by atoms with van der Waals surface area (Å²) in [5.41, 5.74) is 1.91. The van der Waals surface area contributed by atoms with Crippen LogP contribution in [0.2, 0.25) is 5.15 Å². The van der Waals surface area contributed by atoms with Crippen molar-refractivity contribution in [2.75, 3.05) is 37.8 Å². The van der Waals surface area contributed by atoms with Gasteiger partial charge in [0.05, 0.1) is 37.8 Å². The van der Waals surface area contributed by atoms with Gasteiger partial charge in [-0.1, -0.05) is 41.9 Å². The minimum atomic E-state index is 0.0846. The van der Waals surface area contributed by atoms with Crippen LogP contribution >= 0.6 is 11.6 Å². The summed E-state index contributed by atoms with van der Waals surface area (Å²) in [6.07, 6.45) is 1.78. The summed E-state index contributed by atoms with van der Waals surface area (Å²) >= 11 is 6.42. The molecule has 2 heterocycles. The predicted molar refractivity (Wildman–Crippen MR) is 102 cm³/mol. The summed E-state index contributed by atoms with van der Waals surface area (Å²) in [6.45, 7) is 6.16. The molecule has 0 spiro atoms. The van der Waals surface area contributed by atoms with Crippen LogP contribution in [-0.4, -0.2) is 58.9 Å². The number of hydrogen-bond donors (Lipinski definition) is 1. The molecule has 6 nitrogen and oxygen atoms in total. The lowest BCUT2D eigenvalue weighted by molar-refractivity contribution is 0.0985. The molecule has 1 N–H and O–H groups in total. The van der Waals surface area contributed by atoms with E-state index in [2.05, 4.69) is 38.8 Å². The first-order valence-corrected chi connectivity index (χ1v) is 9.28. The standard InChI is InChI=1S/C19H25ClN4O2/c1-15-14-26-10-8-24(15)18-11-21-17(19(20)22-18)13-23(7-9-25)12-16-5-3-2-4-6-16/h2-6,11,15,25H,7-10,12-14H2,1H3/t15-/m1/s1. The van der Waals surface area contributed by atoms with Crippen LogP contribution in [-0.2, 0) is 17.8 Å². The molecule has 7 heteroatoms. The number of ether oxygens (including phenoxy) is 1. The molecule has 2 aromatic rings. The first-order chi connectivity index (χ1) is 12.7. The molecule has 3 rings (SSSR count). The van der Waals surface area contributed by atoms with Crippen molar-refractivity contribution in [3.05, 3.63) is 52.9 Å². The molecule has 1 fully saturated rings. The second-order valence-electron chi connectivity index (χ2n) is 6.50. The molecule has 1 aliphatic rings. The number of morpholine rings is 1. The Hall–Kier alpha value is -1.73. The average Bonchev–Trinajstić information content (AvgIpc) is 2.65. The van der Waals surface area contributed by atoms with Gasteiger partial charge in [-0.25, -0.2) is 4.98 Å². The predicted octanol–water partition coefficient (Wildman–Crippen LogP) is 2.35. The molecule has 1 aromatic carbocycles.